The van der Waals surface area contributed by atoms with E-state index >= 15 is 0 Å². The van der Waals surface area contributed by atoms with Gasteiger partial charge in [-0.1, -0.05) is 23.2 Å². The summed E-state index contributed by atoms with van der Waals surface area (Å²) in [5.74, 6) is -1.28. The third kappa shape index (κ3) is 6.62. The molecule has 76 valence electrons. The molecular formula is C6H10Cl2N2O3. The number of halogens is 2. The average Bonchev–Trinajstić information content (AvgIpc) is 1.98. The van der Waals surface area contributed by atoms with E-state index in [-0.39, 0.29) is 12.8 Å². The first-order chi connectivity index (χ1) is 5.93. The molecule has 4 N–H and O–H groups in total. The Kier molecular flexibility index (Phi) is 5.77. The van der Waals surface area contributed by atoms with Gasteiger partial charge in [-0.05, 0) is 6.42 Å². The molecule has 0 spiro atoms. The summed E-state index contributed by atoms with van der Waals surface area (Å²) in [6.45, 7) is 0. The molecule has 0 radical (unpaired) electrons. The summed E-state index contributed by atoms with van der Waals surface area (Å²) in [6.07, 6.45) is 0.139. The average molecular weight is 229 g/mol. The van der Waals surface area contributed by atoms with Gasteiger partial charge in [-0.15, -0.1) is 0 Å². The smallest absolute Gasteiger partial charge is 0.325 e. The predicted molar refractivity (Wildman–Crippen MR) is 48.0 cm³/mol. The number of primary amides is 1. The van der Waals surface area contributed by atoms with Crippen molar-refractivity contribution >= 4 is 35.1 Å². The van der Waals surface area contributed by atoms with Crippen LogP contribution in [-0.2, 0) is 14.3 Å². The normalized spacial score (nSPS) is 12.6. The fourth-order valence-corrected chi connectivity index (χ4v) is 0.766. The zero-order valence-corrected chi connectivity index (χ0v) is 8.22. The van der Waals surface area contributed by atoms with E-state index < -0.39 is 22.9 Å². The largest absolute Gasteiger partial charge is 0.430 e. The highest BCUT2D eigenvalue weighted by Gasteiger charge is 2.17. The summed E-state index contributed by atoms with van der Waals surface area (Å²) in [5, 5.41) is -1.24. The van der Waals surface area contributed by atoms with Gasteiger partial charge >= 0.3 is 5.97 Å². The number of alkyl halides is 2. The van der Waals surface area contributed by atoms with E-state index in [1.165, 1.54) is 0 Å². The van der Waals surface area contributed by atoms with Gasteiger partial charge in [-0.3, -0.25) is 9.59 Å². The maximum atomic E-state index is 10.9. The molecule has 0 aliphatic rings. The van der Waals surface area contributed by atoms with E-state index in [0.29, 0.717) is 0 Å². The molecule has 0 aliphatic carbocycles. The Bertz CT molecular complexity index is 198. The second-order valence-corrected chi connectivity index (χ2v) is 3.33. The van der Waals surface area contributed by atoms with Crippen molar-refractivity contribution in [3.63, 3.8) is 0 Å². The van der Waals surface area contributed by atoms with Gasteiger partial charge in [0.1, 0.15) is 6.04 Å². The molecule has 0 bridgehead atoms. The lowest BCUT2D eigenvalue weighted by Gasteiger charge is -2.10. The van der Waals surface area contributed by atoms with Crippen LogP contribution in [0.1, 0.15) is 12.8 Å². The summed E-state index contributed by atoms with van der Waals surface area (Å²) in [6, 6.07) is -0.924. The molecule has 1 unspecified atom stereocenters. The number of hydrogen-bond donors (Lipinski definition) is 2. The number of carbonyl (C=O) groups excluding carboxylic acids is 2. The van der Waals surface area contributed by atoms with Gasteiger partial charge in [-0.2, -0.15) is 0 Å². The fourth-order valence-electron chi connectivity index (χ4n) is 0.591. The Morgan fingerprint density at radius 2 is 1.92 bits per heavy atom. The van der Waals surface area contributed by atoms with Gasteiger partial charge < -0.3 is 16.2 Å². The van der Waals surface area contributed by atoms with Crippen molar-refractivity contribution in [2.45, 2.75) is 23.9 Å². The van der Waals surface area contributed by atoms with Gasteiger partial charge in [-0.25, -0.2) is 0 Å². The van der Waals surface area contributed by atoms with Crippen LogP contribution in [0.3, 0.4) is 0 Å². The maximum Gasteiger partial charge on any atom is 0.325 e. The second-order valence-electron chi connectivity index (χ2n) is 2.31. The second kappa shape index (κ2) is 6.01. The monoisotopic (exact) mass is 228 g/mol. The van der Waals surface area contributed by atoms with Gasteiger partial charge in [0.15, 0.2) is 0 Å². The van der Waals surface area contributed by atoms with Crippen LogP contribution in [0.15, 0.2) is 0 Å². The Morgan fingerprint density at radius 3 is 2.31 bits per heavy atom. The third-order valence-electron chi connectivity index (χ3n) is 1.21. The fraction of sp³-hybridized carbons (Fsp3) is 0.667. The van der Waals surface area contributed by atoms with Crippen molar-refractivity contribution in [2.24, 2.45) is 11.5 Å². The zero-order chi connectivity index (χ0) is 10.4. The van der Waals surface area contributed by atoms with Gasteiger partial charge in [0.05, 0.1) is 0 Å². The van der Waals surface area contributed by atoms with E-state index in [4.69, 9.17) is 34.7 Å². The Morgan fingerprint density at radius 1 is 1.38 bits per heavy atom. The molecule has 5 nitrogen and oxygen atoms in total. The molecule has 0 aromatic rings. The molecular weight excluding hydrogens is 219 g/mol. The summed E-state index contributed by atoms with van der Waals surface area (Å²) >= 11 is 10.3. The molecule has 1 atom stereocenters. The number of carbonyl (C=O) groups is 2. The number of hydrogen-bond acceptors (Lipinski definition) is 4. The van der Waals surface area contributed by atoms with E-state index in [9.17, 15) is 9.59 Å². The molecule has 0 aromatic heterocycles. The molecule has 0 fully saturated rings. The molecule has 13 heavy (non-hydrogen) atoms. The first-order valence-electron chi connectivity index (χ1n) is 3.46. The van der Waals surface area contributed by atoms with Crippen LogP contribution >= 0.6 is 23.2 Å². The topological polar surface area (TPSA) is 95.4 Å². The minimum atomic E-state index is -1.24. The lowest BCUT2D eigenvalue weighted by Crippen LogP contribution is -2.34. The highest BCUT2D eigenvalue weighted by Crippen LogP contribution is 2.06. The minimum Gasteiger partial charge on any atom is -0.430 e. The number of rotatable bonds is 5. The summed E-state index contributed by atoms with van der Waals surface area (Å²) in [5.41, 5.74) is 10.2. The minimum absolute atomic E-state index is 0.0193. The predicted octanol–water partition coefficient (Wildman–Crippen LogP) is -0.116. The molecule has 0 saturated carbocycles. The van der Waals surface area contributed by atoms with Gasteiger partial charge in [0, 0.05) is 6.42 Å². The molecule has 7 heteroatoms. The quantitative estimate of drug-likeness (QED) is 0.507. The van der Waals surface area contributed by atoms with Crippen molar-refractivity contribution in [3.8, 4) is 0 Å². The van der Waals surface area contributed by atoms with Crippen molar-refractivity contribution in [3.05, 3.63) is 0 Å². The van der Waals surface area contributed by atoms with E-state index in [2.05, 4.69) is 4.74 Å². The lowest BCUT2D eigenvalue weighted by atomic mass is 10.2. The van der Waals surface area contributed by atoms with Crippen LogP contribution < -0.4 is 11.5 Å². The number of nitrogens with two attached hydrogens (primary N) is 2. The van der Waals surface area contributed by atoms with E-state index in [0.717, 1.165) is 0 Å². The van der Waals surface area contributed by atoms with Crippen LogP contribution in [0.4, 0.5) is 0 Å². The molecule has 0 rings (SSSR count). The third-order valence-corrected chi connectivity index (χ3v) is 1.39. The number of ether oxygens (including phenoxy) is 1. The number of amides is 1. The van der Waals surface area contributed by atoms with Crippen LogP contribution in [-0.4, -0.2) is 22.9 Å². The van der Waals surface area contributed by atoms with Crippen molar-refractivity contribution < 1.29 is 14.3 Å². The highest BCUT2D eigenvalue weighted by molar-refractivity contribution is 6.43. The zero-order valence-electron chi connectivity index (χ0n) is 6.70. The maximum absolute atomic E-state index is 10.9. The molecule has 0 aliphatic heterocycles. The summed E-state index contributed by atoms with van der Waals surface area (Å²) < 4.78 is 4.36. The number of esters is 1. The Balaban J connectivity index is 3.76. The Labute approximate surface area is 85.3 Å². The van der Waals surface area contributed by atoms with Crippen LogP contribution in [0, 0.1) is 0 Å². The molecule has 0 saturated heterocycles. The van der Waals surface area contributed by atoms with Crippen LogP contribution in [0.5, 0.6) is 0 Å². The highest BCUT2D eigenvalue weighted by atomic mass is 35.5. The lowest BCUT2D eigenvalue weighted by molar-refractivity contribution is -0.144. The molecule has 0 aromatic carbocycles. The van der Waals surface area contributed by atoms with Crippen molar-refractivity contribution in [1.29, 1.82) is 0 Å². The Hall–Kier alpha value is -0.520. The summed E-state index contributed by atoms with van der Waals surface area (Å²) in [7, 11) is 0. The van der Waals surface area contributed by atoms with Crippen molar-refractivity contribution in [1.82, 2.24) is 0 Å². The van der Waals surface area contributed by atoms with Crippen molar-refractivity contribution in [2.75, 3.05) is 0 Å². The van der Waals surface area contributed by atoms with Crippen LogP contribution in [0.2, 0.25) is 0 Å². The standard InChI is InChI=1S/C6H10Cl2N2O3/c7-6(8)13-5(12)3(9)1-2-4(10)11/h3,6H,1-2,9H2,(H2,10,11). The first-order valence-corrected chi connectivity index (χ1v) is 4.33. The SMILES string of the molecule is NC(=O)CCC(N)C(=O)OC(Cl)Cl. The molecule has 1 amide bonds. The van der Waals surface area contributed by atoms with E-state index in [1.54, 1.807) is 0 Å². The summed E-state index contributed by atoms with van der Waals surface area (Å²) in [4.78, 5) is 21.2. The van der Waals surface area contributed by atoms with E-state index in [1.807, 2.05) is 0 Å². The first kappa shape index (κ1) is 12.5. The molecule has 0 heterocycles. The van der Waals surface area contributed by atoms with Gasteiger partial charge in [0.25, 0.3) is 5.02 Å². The van der Waals surface area contributed by atoms with Crippen LogP contribution in [0.25, 0.3) is 0 Å². The van der Waals surface area contributed by atoms with Gasteiger partial charge in [0.2, 0.25) is 5.91 Å².